The minimum atomic E-state index is 0.00181. The third-order valence-corrected chi connectivity index (χ3v) is 2.81. The molecule has 0 heterocycles. The van der Waals surface area contributed by atoms with E-state index in [1.54, 1.807) is 0 Å². The highest BCUT2D eigenvalue weighted by molar-refractivity contribution is 5.80. The second-order valence-electron chi connectivity index (χ2n) is 5.00. The summed E-state index contributed by atoms with van der Waals surface area (Å²) in [7, 11) is 0. The fourth-order valence-corrected chi connectivity index (χ4v) is 1.49. The van der Waals surface area contributed by atoms with Crippen molar-refractivity contribution in [3.63, 3.8) is 0 Å². The highest BCUT2D eigenvalue weighted by Crippen LogP contribution is 2.15. The number of hydrogen-bond acceptors (Lipinski definition) is 3. The van der Waals surface area contributed by atoms with Gasteiger partial charge in [0.2, 0.25) is 5.91 Å². The third-order valence-electron chi connectivity index (χ3n) is 2.81. The van der Waals surface area contributed by atoms with E-state index in [9.17, 15) is 4.79 Å². The van der Waals surface area contributed by atoms with E-state index >= 15 is 0 Å². The molecule has 1 aromatic carbocycles. The van der Waals surface area contributed by atoms with Crippen LogP contribution in [0.25, 0.3) is 0 Å². The van der Waals surface area contributed by atoms with Crippen LogP contribution in [0.5, 0.6) is 5.75 Å². The van der Waals surface area contributed by atoms with E-state index in [0.717, 1.165) is 23.4 Å². The van der Waals surface area contributed by atoms with Gasteiger partial charge in [0.1, 0.15) is 12.4 Å². The lowest BCUT2D eigenvalue weighted by Gasteiger charge is -2.12. The molecule has 0 saturated carbocycles. The van der Waals surface area contributed by atoms with Gasteiger partial charge in [-0.2, -0.15) is 0 Å². The van der Waals surface area contributed by atoms with Crippen LogP contribution in [0.2, 0.25) is 0 Å². The molecule has 0 aromatic heterocycles. The molecule has 0 aliphatic rings. The molecule has 0 radical (unpaired) electrons. The second-order valence-corrected chi connectivity index (χ2v) is 5.00. The maximum absolute atomic E-state index is 11.6. The average molecular weight is 276 g/mol. The van der Waals surface area contributed by atoms with Gasteiger partial charge in [0, 0.05) is 11.7 Å². The van der Waals surface area contributed by atoms with Gasteiger partial charge in [-0.25, -0.2) is 0 Å². The zero-order valence-electron chi connectivity index (χ0n) is 12.5. The summed E-state index contributed by atoms with van der Waals surface area (Å²) in [6.07, 6.45) is 0.931. The first-order valence-corrected chi connectivity index (χ1v) is 6.91. The summed E-state index contributed by atoms with van der Waals surface area (Å²) >= 11 is 0. The van der Waals surface area contributed by atoms with Crippen LogP contribution in [0.1, 0.15) is 27.2 Å². The Kier molecular flexibility index (Phi) is 6.64. The SMILES string of the molecule is C=C(C)COc1ccc(NCC(=O)NC(C)CC)cc1. The Hall–Kier alpha value is -1.97. The Morgan fingerprint density at radius 3 is 2.55 bits per heavy atom. The zero-order chi connectivity index (χ0) is 15.0. The summed E-state index contributed by atoms with van der Waals surface area (Å²) in [5.74, 6) is 0.796. The van der Waals surface area contributed by atoms with Crippen molar-refractivity contribution in [3.8, 4) is 5.75 Å². The smallest absolute Gasteiger partial charge is 0.239 e. The van der Waals surface area contributed by atoms with Crippen molar-refractivity contribution in [1.29, 1.82) is 0 Å². The number of amides is 1. The number of ether oxygens (including phenoxy) is 1. The van der Waals surface area contributed by atoms with Gasteiger partial charge in [-0.1, -0.05) is 13.5 Å². The summed E-state index contributed by atoms with van der Waals surface area (Å²) in [4.78, 5) is 11.6. The molecule has 2 N–H and O–H groups in total. The molecule has 4 heteroatoms. The van der Waals surface area contributed by atoms with Crippen LogP contribution >= 0.6 is 0 Å². The monoisotopic (exact) mass is 276 g/mol. The molecule has 1 unspecified atom stereocenters. The molecule has 0 saturated heterocycles. The molecule has 4 nitrogen and oxygen atoms in total. The van der Waals surface area contributed by atoms with Crippen LogP contribution in [0, 0.1) is 0 Å². The summed E-state index contributed by atoms with van der Waals surface area (Å²) in [5, 5.41) is 5.99. The van der Waals surface area contributed by atoms with Crippen LogP contribution in [-0.2, 0) is 4.79 Å². The van der Waals surface area contributed by atoms with Gasteiger partial charge in [-0.15, -0.1) is 0 Å². The Morgan fingerprint density at radius 2 is 2.00 bits per heavy atom. The highest BCUT2D eigenvalue weighted by Gasteiger charge is 2.04. The van der Waals surface area contributed by atoms with E-state index in [2.05, 4.69) is 17.2 Å². The number of carbonyl (C=O) groups is 1. The lowest BCUT2D eigenvalue weighted by molar-refractivity contribution is -0.120. The van der Waals surface area contributed by atoms with Crippen LogP contribution in [0.3, 0.4) is 0 Å². The number of benzene rings is 1. The first-order valence-electron chi connectivity index (χ1n) is 6.91. The molecule has 0 aliphatic heterocycles. The molecule has 1 rings (SSSR count). The predicted octanol–water partition coefficient (Wildman–Crippen LogP) is 2.97. The average Bonchev–Trinajstić information content (AvgIpc) is 2.43. The first-order chi connectivity index (χ1) is 9.51. The Bertz CT molecular complexity index is 440. The lowest BCUT2D eigenvalue weighted by Crippen LogP contribution is -2.36. The molecule has 0 spiro atoms. The fourth-order valence-electron chi connectivity index (χ4n) is 1.49. The van der Waals surface area contributed by atoms with Crippen molar-refractivity contribution in [2.24, 2.45) is 0 Å². The minimum Gasteiger partial charge on any atom is -0.489 e. The van der Waals surface area contributed by atoms with Gasteiger partial charge < -0.3 is 15.4 Å². The van der Waals surface area contributed by atoms with Crippen molar-refractivity contribution in [2.75, 3.05) is 18.5 Å². The third kappa shape index (κ3) is 6.27. The van der Waals surface area contributed by atoms with Gasteiger partial charge in [-0.3, -0.25) is 4.79 Å². The summed E-state index contributed by atoms with van der Waals surface area (Å²) in [6, 6.07) is 7.74. The largest absolute Gasteiger partial charge is 0.489 e. The normalized spacial score (nSPS) is 11.6. The Balaban J connectivity index is 2.38. The van der Waals surface area contributed by atoms with E-state index in [4.69, 9.17) is 4.74 Å². The predicted molar refractivity (Wildman–Crippen MR) is 83.1 cm³/mol. The van der Waals surface area contributed by atoms with E-state index in [1.807, 2.05) is 45.0 Å². The maximum atomic E-state index is 11.6. The second kappa shape index (κ2) is 8.25. The Morgan fingerprint density at radius 1 is 1.35 bits per heavy atom. The first kappa shape index (κ1) is 16.1. The quantitative estimate of drug-likeness (QED) is 0.718. The van der Waals surface area contributed by atoms with Gasteiger partial charge in [-0.05, 0) is 50.1 Å². The number of nitrogens with one attached hydrogen (secondary N) is 2. The van der Waals surface area contributed by atoms with Crippen molar-refractivity contribution in [3.05, 3.63) is 36.4 Å². The molecule has 0 fully saturated rings. The topological polar surface area (TPSA) is 50.4 Å². The number of carbonyl (C=O) groups excluding carboxylic acids is 1. The van der Waals surface area contributed by atoms with Crippen molar-refractivity contribution in [1.82, 2.24) is 5.32 Å². The molecule has 20 heavy (non-hydrogen) atoms. The standard InChI is InChI=1S/C16H24N2O2/c1-5-13(4)18-16(19)10-17-14-6-8-15(9-7-14)20-11-12(2)3/h6-9,13,17H,2,5,10-11H2,1,3-4H3,(H,18,19). The fraction of sp³-hybridized carbons (Fsp3) is 0.438. The number of anilines is 1. The van der Waals surface area contributed by atoms with Crippen LogP contribution in [-0.4, -0.2) is 25.1 Å². The number of hydrogen-bond donors (Lipinski definition) is 2. The Labute approximate surface area is 121 Å². The van der Waals surface area contributed by atoms with Gasteiger partial charge in [0.15, 0.2) is 0 Å². The van der Waals surface area contributed by atoms with Crippen molar-refractivity contribution >= 4 is 11.6 Å². The van der Waals surface area contributed by atoms with Crippen LogP contribution in [0.4, 0.5) is 5.69 Å². The van der Waals surface area contributed by atoms with E-state index in [-0.39, 0.29) is 18.5 Å². The van der Waals surface area contributed by atoms with Gasteiger partial charge in [0.25, 0.3) is 0 Å². The summed E-state index contributed by atoms with van der Waals surface area (Å²) in [6.45, 7) is 10.5. The van der Waals surface area contributed by atoms with Gasteiger partial charge in [0.05, 0.1) is 6.54 Å². The van der Waals surface area contributed by atoms with E-state index < -0.39 is 0 Å². The molecular formula is C16H24N2O2. The number of rotatable bonds is 8. The van der Waals surface area contributed by atoms with Crippen LogP contribution < -0.4 is 15.4 Å². The van der Waals surface area contributed by atoms with Crippen molar-refractivity contribution in [2.45, 2.75) is 33.2 Å². The van der Waals surface area contributed by atoms with E-state index in [0.29, 0.717) is 6.61 Å². The molecule has 0 aliphatic carbocycles. The summed E-state index contributed by atoms with van der Waals surface area (Å²) < 4.78 is 5.51. The van der Waals surface area contributed by atoms with Crippen molar-refractivity contribution < 1.29 is 9.53 Å². The molecule has 1 atom stereocenters. The van der Waals surface area contributed by atoms with Gasteiger partial charge >= 0.3 is 0 Å². The van der Waals surface area contributed by atoms with E-state index in [1.165, 1.54) is 0 Å². The lowest BCUT2D eigenvalue weighted by atomic mass is 10.2. The van der Waals surface area contributed by atoms with Crippen LogP contribution in [0.15, 0.2) is 36.4 Å². The highest BCUT2D eigenvalue weighted by atomic mass is 16.5. The molecule has 0 bridgehead atoms. The molecule has 1 aromatic rings. The summed E-state index contributed by atoms with van der Waals surface area (Å²) in [5.41, 5.74) is 1.88. The maximum Gasteiger partial charge on any atom is 0.239 e. The minimum absolute atomic E-state index is 0.00181. The molecular weight excluding hydrogens is 252 g/mol. The zero-order valence-corrected chi connectivity index (χ0v) is 12.5. The molecule has 1 amide bonds. The molecule has 110 valence electrons.